The number of hydrogen-bond donors (Lipinski definition) is 0. The lowest BCUT2D eigenvalue weighted by atomic mass is 9.97. The SMILES string of the molecule is CC(C)(C)C(=O)ON1CCCC[C@@H]1c1nc(-c2ccncc2)cs1. The number of carbonyl (C=O) groups is 1. The van der Waals surface area contributed by atoms with Gasteiger partial charge in [0.25, 0.3) is 0 Å². The summed E-state index contributed by atoms with van der Waals surface area (Å²) in [5.74, 6) is -0.194. The largest absolute Gasteiger partial charge is 0.367 e. The van der Waals surface area contributed by atoms with Gasteiger partial charge in [-0.05, 0) is 52.2 Å². The molecule has 5 nitrogen and oxygen atoms in total. The highest BCUT2D eigenvalue weighted by Crippen LogP contribution is 2.35. The second-order valence-corrected chi connectivity index (χ2v) is 7.98. The van der Waals surface area contributed by atoms with Crippen LogP contribution in [0.5, 0.6) is 0 Å². The number of pyridine rings is 1. The Kier molecular flexibility index (Phi) is 4.96. The van der Waals surface area contributed by atoms with E-state index >= 15 is 0 Å². The Morgan fingerprint density at radius 2 is 2.04 bits per heavy atom. The number of hydroxylamine groups is 2. The molecule has 2 aromatic heterocycles. The maximum Gasteiger partial charge on any atom is 0.330 e. The molecule has 0 saturated carbocycles. The van der Waals surface area contributed by atoms with Gasteiger partial charge in [-0.15, -0.1) is 16.4 Å². The van der Waals surface area contributed by atoms with Gasteiger partial charge in [-0.25, -0.2) is 9.78 Å². The highest BCUT2D eigenvalue weighted by atomic mass is 32.1. The number of carbonyl (C=O) groups excluding carboxylic acids is 1. The van der Waals surface area contributed by atoms with Crippen molar-refractivity contribution >= 4 is 17.3 Å². The third-order valence-electron chi connectivity index (χ3n) is 4.05. The zero-order valence-electron chi connectivity index (χ0n) is 14.4. The van der Waals surface area contributed by atoms with E-state index in [-0.39, 0.29) is 12.0 Å². The molecule has 1 saturated heterocycles. The van der Waals surface area contributed by atoms with Crippen LogP contribution in [0.2, 0.25) is 0 Å². The van der Waals surface area contributed by atoms with Crippen LogP contribution in [0.25, 0.3) is 11.3 Å². The van der Waals surface area contributed by atoms with Crippen molar-refractivity contribution in [3.05, 3.63) is 34.9 Å². The van der Waals surface area contributed by atoms with Crippen molar-refractivity contribution in [2.45, 2.75) is 46.1 Å². The Morgan fingerprint density at radius 3 is 2.75 bits per heavy atom. The van der Waals surface area contributed by atoms with E-state index in [2.05, 4.69) is 10.4 Å². The normalized spacial score (nSPS) is 19.2. The molecule has 3 heterocycles. The molecular weight excluding hydrogens is 322 g/mol. The summed E-state index contributed by atoms with van der Waals surface area (Å²) in [4.78, 5) is 26.8. The van der Waals surface area contributed by atoms with Crippen LogP contribution in [0.4, 0.5) is 0 Å². The van der Waals surface area contributed by atoms with E-state index in [1.165, 1.54) is 0 Å². The van der Waals surface area contributed by atoms with E-state index in [0.29, 0.717) is 0 Å². The molecule has 2 aromatic rings. The average Bonchev–Trinajstić information content (AvgIpc) is 3.05. The van der Waals surface area contributed by atoms with E-state index in [1.54, 1.807) is 23.7 Å². The van der Waals surface area contributed by atoms with Gasteiger partial charge in [-0.2, -0.15) is 0 Å². The molecule has 0 bridgehead atoms. The topological polar surface area (TPSA) is 55.3 Å². The highest BCUT2D eigenvalue weighted by molar-refractivity contribution is 7.10. The van der Waals surface area contributed by atoms with Crippen LogP contribution in [-0.4, -0.2) is 27.5 Å². The van der Waals surface area contributed by atoms with E-state index in [4.69, 9.17) is 9.82 Å². The fraction of sp³-hybridized carbons (Fsp3) is 0.500. The van der Waals surface area contributed by atoms with Crippen molar-refractivity contribution in [2.75, 3.05) is 6.54 Å². The summed E-state index contributed by atoms with van der Waals surface area (Å²) in [6.45, 7) is 6.38. The molecule has 1 aliphatic heterocycles. The predicted octanol–water partition coefficient (Wildman–Crippen LogP) is 4.24. The summed E-state index contributed by atoms with van der Waals surface area (Å²) in [7, 11) is 0. The third-order valence-corrected chi connectivity index (χ3v) is 5.00. The molecule has 1 aliphatic rings. The van der Waals surface area contributed by atoms with Crippen LogP contribution in [0.3, 0.4) is 0 Å². The second kappa shape index (κ2) is 6.99. The van der Waals surface area contributed by atoms with E-state index in [0.717, 1.165) is 42.1 Å². The van der Waals surface area contributed by atoms with Gasteiger partial charge in [0.15, 0.2) is 0 Å². The Hall–Kier alpha value is -1.79. The first-order valence-electron chi connectivity index (χ1n) is 8.30. The molecule has 0 N–H and O–H groups in total. The van der Waals surface area contributed by atoms with E-state index < -0.39 is 5.41 Å². The van der Waals surface area contributed by atoms with Crippen LogP contribution in [0.15, 0.2) is 29.9 Å². The molecule has 0 aromatic carbocycles. The first-order valence-corrected chi connectivity index (χ1v) is 9.18. The van der Waals surface area contributed by atoms with Crippen LogP contribution in [0.1, 0.15) is 51.1 Å². The van der Waals surface area contributed by atoms with Crippen LogP contribution >= 0.6 is 11.3 Å². The molecule has 1 atom stereocenters. The second-order valence-electron chi connectivity index (χ2n) is 7.09. The fourth-order valence-corrected chi connectivity index (χ4v) is 3.57. The van der Waals surface area contributed by atoms with Gasteiger partial charge in [-0.1, -0.05) is 0 Å². The van der Waals surface area contributed by atoms with Crippen molar-refractivity contribution in [3.63, 3.8) is 0 Å². The molecule has 0 amide bonds. The van der Waals surface area contributed by atoms with Crippen molar-refractivity contribution in [1.82, 2.24) is 15.0 Å². The summed E-state index contributed by atoms with van der Waals surface area (Å²) < 4.78 is 0. The monoisotopic (exact) mass is 345 g/mol. The maximum atomic E-state index is 12.2. The smallest absolute Gasteiger partial charge is 0.330 e. The zero-order chi connectivity index (χ0) is 17.2. The van der Waals surface area contributed by atoms with Crippen molar-refractivity contribution in [1.29, 1.82) is 0 Å². The number of rotatable bonds is 3. The summed E-state index contributed by atoms with van der Waals surface area (Å²) >= 11 is 1.62. The molecule has 0 radical (unpaired) electrons. The molecule has 128 valence electrons. The molecule has 24 heavy (non-hydrogen) atoms. The third kappa shape index (κ3) is 3.82. The summed E-state index contributed by atoms with van der Waals surface area (Å²) in [5, 5.41) is 4.89. The maximum absolute atomic E-state index is 12.2. The van der Waals surface area contributed by atoms with Crippen LogP contribution < -0.4 is 0 Å². The van der Waals surface area contributed by atoms with Crippen LogP contribution in [-0.2, 0) is 9.63 Å². The van der Waals surface area contributed by atoms with Gasteiger partial charge in [0.1, 0.15) is 5.01 Å². The number of hydrogen-bond acceptors (Lipinski definition) is 6. The number of nitrogens with zero attached hydrogens (tertiary/aromatic N) is 3. The molecule has 6 heteroatoms. The minimum Gasteiger partial charge on any atom is -0.367 e. The Balaban J connectivity index is 1.79. The lowest BCUT2D eigenvalue weighted by Gasteiger charge is -2.34. The van der Waals surface area contributed by atoms with Gasteiger partial charge < -0.3 is 4.84 Å². The van der Waals surface area contributed by atoms with Gasteiger partial charge in [0.05, 0.1) is 17.2 Å². The van der Waals surface area contributed by atoms with E-state index in [9.17, 15) is 4.79 Å². The molecule has 1 fully saturated rings. The first-order chi connectivity index (χ1) is 11.4. The number of aromatic nitrogens is 2. The Labute approximate surface area is 146 Å². The van der Waals surface area contributed by atoms with E-state index in [1.807, 2.05) is 38.0 Å². The molecule has 3 rings (SSSR count). The summed E-state index contributed by atoms with van der Waals surface area (Å²) in [6.07, 6.45) is 6.66. The molecule has 0 unspecified atom stereocenters. The van der Waals surface area contributed by atoms with Gasteiger partial charge in [0.2, 0.25) is 0 Å². The van der Waals surface area contributed by atoms with Crippen molar-refractivity contribution in [3.8, 4) is 11.3 Å². The summed E-state index contributed by atoms with van der Waals surface area (Å²) in [6, 6.07) is 3.96. The van der Waals surface area contributed by atoms with Gasteiger partial charge in [0, 0.05) is 29.9 Å². The summed E-state index contributed by atoms with van der Waals surface area (Å²) in [5.41, 5.74) is 1.50. The van der Waals surface area contributed by atoms with Crippen molar-refractivity contribution in [2.24, 2.45) is 5.41 Å². The minimum atomic E-state index is -0.507. The molecule has 0 aliphatic carbocycles. The molecule has 0 spiro atoms. The number of piperidine rings is 1. The highest BCUT2D eigenvalue weighted by Gasteiger charge is 2.33. The quantitative estimate of drug-likeness (QED) is 0.833. The Bertz CT molecular complexity index is 694. The lowest BCUT2D eigenvalue weighted by Crippen LogP contribution is -2.38. The minimum absolute atomic E-state index is 0.0469. The predicted molar refractivity (Wildman–Crippen MR) is 94.2 cm³/mol. The number of thiazole rings is 1. The standard InChI is InChI=1S/C18H23N3O2S/c1-18(2,3)17(22)23-21-11-5-4-6-15(21)16-20-14(12-24-16)13-7-9-19-10-8-13/h7-10,12,15H,4-6,11H2,1-3H3/t15-/m1/s1. The Morgan fingerprint density at radius 1 is 1.29 bits per heavy atom. The zero-order valence-corrected chi connectivity index (χ0v) is 15.2. The first kappa shape index (κ1) is 17.0. The van der Waals surface area contributed by atoms with Gasteiger partial charge >= 0.3 is 5.97 Å². The fourth-order valence-electron chi connectivity index (χ4n) is 2.60. The average molecular weight is 345 g/mol. The molecular formula is C18H23N3O2S. The van der Waals surface area contributed by atoms with Crippen molar-refractivity contribution < 1.29 is 9.63 Å². The lowest BCUT2D eigenvalue weighted by molar-refractivity contribution is -0.218. The van der Waals surface area contributed by atoms with Gasteiger partial charge in [-0.3, -0.25) is 4.98 Å². The van der Waals surface area contributed by atoms with Crippen LogP contribution in [0, 0.1) is 5.41 Å².